The van der Waals surface area contributed by atoms with Crippen LogP contribution in [-0.2, 0) is 0 Å². The summed E-state index contributed by atoms with van der Waals surface area (Å²) < 4.78 is 12.8. The number of halogens is 1. The van der Waals surface area contributed by atoms with Crippen LogP contribution in [-0.4, -0.2) is 34.8 Å². The molecule has 1 saturated heterocycles. The number of hydrogen-bond acceptors (Lipinski definition) is 3. The first-order valence-electron chi connectivity index (χ1n) is 7.63. The van der Waals surface area contributed by atoms with Gasteiger partial charge in [0.15, 0.2) is 5.78 Å². The number of carbonyl (C=O) groups is 1. The van der Waals surface area contributed by atoms with Crippen LogP contribution in [0.25, 0.3) is 0 Å². The molecule has 2 heterocycles. The van der Waals surface area contributed by atoms with E-state index in [9.17, 15) is 9.18 Å². The molecular weight excluding hydrogens is 255 g/mol. The Hall–Kier alpha value is -1.29. The Morgan fingerprint density at radius 3 is 2.95 bits per heavy atom. The molecular formula is C16H21FN2O. The van der Waals surface area contributed by atoms with E-state index >= 15 is 0 Å². The van der Waals surface area contributed by atoms with Gasteiger partial charge in [-0.1, -0.05) is 12.8 Å². The van der Waals surface area contributed by atoms with Gasteiger partial charge in [0.1, 0.15) is 11.5 Å². The molecule has 0 spiro atoms. The van der Waals surface area contributed by atoms with Gasteiger partial charge in [0.25, 0.3) is 0 Å². The smallest absolute Gasteiger partial charge is 0.182 e. The summed E-state index contributed by atoms with van der Waals surface area (Å²) in [6, 6.07) is 3.47. The van der Waals surface area contributed by atoms with Crippen LogP contribution < -0.4 is 0 Å². The van der Waals surface area contributed by atoms with E-state index < -0.39 is 5.82 Å². The van der Waals surface area contributed by atoms with Crippen molar-refractivity contribution in [2.45, 2.75) is 44.6 Å². The van der Waals surface area contributed by atoms with Crippen molar-refractivity contribution in [1.82, 2.24) is 9.88 Å². The highest BCUT2D eigenvalue weighted by molar-refractivity contribution is 5.94. The van der Waals surface area contributed by atoms with E-state index in [0.717, 1.165) is 25.2 Å². The molecule has 0 bridgehead atoms. The van der Waals surface area contributed by atoms with Crippen molar-refractivity contribution in [1.29, 1.82) is 0 Å². The first kappa shape index (κ1) is 13.7. The zero-order valence-corrected chi connectivity index (χ0v) is 11.7. The summed E-state index contributed by atoms with van der Waals surface area (Å²) in [6.45, 7) is 1.94. The molecule has 2 aliphatic rings. The maximum Gasteiger partial charge on any atom is 0.182 e. The summed E-state index contributed by atoms with van der Waals surface area (Å²) in [6.07, 6.45) is 8.22. The SMILES string of the molecule is O=C(CCN1CCC2CCCCC21)c1ccc(F)cn1. The summed E-state index contributed by atoms with van der Waals surface area (Å²) in [5.41, 5.74) is 0.380. The zero-order chi connectivity index (χ0) is 13.9. The fourth-order valence-electron chi connectivity index (χ4n) is 3.69. The van der Waals surface area contributed by atoms with Crippen LogP contribution in [0.1, 0.15) is 49.0 Å². The third-order valence-corrected chi connectivity index (χ3v) is 4.76. The van der Waals surface area contributed by atoms with Crippen LogP contribution in [0.4, 0.5) is 4.39 Å². The molecule has 0 N–H and O–H groups in total. The maximum absolute atomic E-state index is 12.8. The number of carbonyl (C=O) groups excluding carboxylic acids is 1. The molecule has 108 valence electrons. The van der Waals surface area contributed by atoms with Gasteiger partial charge in [-0.05, 0) is 43.9 Å². The average Bonchev–Trinajstić information content (AvgIpc) is 2.89. The maximum atomic E-state index is 12.8. The van der Waals surface area contributed by atoms with Gasteiger partial charge in [0, 0.05) is 19.0 Å². The van der Waals surface area contributed by atoms with Crippen molar-refractivity contribution < 1.29 is 9.18 Å². The number of nitrogens with zero attached hydrogens (tertiary/aromatic N) is 2. The largest absolute Gasteiger partial charge is 0.300 e. The van der Waals surface area contributed by atoms with Crippen LogP contribution in [0, 0.1) is 11.7 Å². The summed E-state index contributed by atoms with van der Waals surface area (Å²) >= 11 is 0. The zero-order valence-electron chi connectivity index (χ0n) is 11.7. The van der Waals surface area contributed by atoms with Crippen molar-refractivity contribution in [2.24, 2.45) is 5.92 Å². The van der Waals surface area contributed by atoms with Gasteiger partial charge in [-0.15, -0.1) is 0 Å². The number of Topliss-reactive ketones (excluding diaryl/α,β-unsaturated/α-hetero) is 1. The number of hydrogen-bond donors (Lipinski definition) is 0. The third kappa shape index (κ3) is 2.90. The summed E-state index contributed by atoms with van der Waals surface area (Å²) in [7, 11) is 0. The normalized spacial score (nSPS) is 26.4. The lowest BCUT2D eigenvalue weighted by atomic mass is 9.85. The van der Waals surface area contributed by atoms with Crippen LogP contribution in [0.2, 0.25) is 0 Å². The molecule has 20 heavy (non-hydrogen) atoms. The molecule has 3 rings (SSSR count). The summed E-state index contributed by atoms with van der Waals surface area (Å²) in [5, 5.41) is 0. The summed E-state index contributed by atoms with van der Waals surface area (Å²) in [4.78, 5) is 18.4. The van der Waals surface area contributed by atoms with E-state index in [1.165, 1.54) is 44.2 Å². The Morgan fingerprint density at radius 2 is 2.15 bits per heavy atom. The topological polar surface area (TPSA) is 33.2 Å². The van der Waals surface area contributed by atoms with E-state index in [-0.39, 0.29) is 5.78 Å². The number of rotatable bonds is 4. The van der Waals surface area contributed by atoms with Crippen molar-refractivity contribution in [2.75, 3.05) is 13.1 Å². The minimum Gasteiger partial charge on any atom is -0.300 e. The second-order valence-corrected chi connectivity index (χ2v) is 5.97. The molecule has 1 aromatic heterocycles. The summed E-state index contributed by atoms with van der Waals surface area (Å²) in [5.74, 6) is 0.471. The number of likely N-dealkylation sites (tertiary alicyclic amines) is 1. The highest BCUT2D eigenvalue weighted by Gasteiger charge is 2.35. The van der Waals surface area contributed by atoms with E-state index in [4.69, 9.17) is 0 Å². The third-order valence-electron chi connectivity index (χ3n) is 4.76. The van der Waals surface area contributed by atoms with E-state index in [1.54, 1.807) is 0 Å². The van der Waals surface area contributed by atoms with Crippen molar-refractivity contribution in [3.8, 4) is 0 Å². The molecule has 0 radical (unpaired) electrons. The molecule has 2 fully saturated rings. The fraction of sp³-hybridized carbons (Fsp3) is 0.625. The Labute approximate surface area is 119 Å². The van der Waals surface area contributed by atoms with Crippen molar-refractivity contribution in [3.05, 3.63) is 29.8 Å². The first-order chi connectivity index (χ1) is 9.74. The predicted molar refractivity (Wildman–Crippen MR) is 75.1 cm³/mol. The standard InChI is InChI=1S/C16H21FN2O/c17-13-5-6-14(18-11-13)16(20)8-10-19-9-7-12-3-1-2-4-15(12)19/h5-6,11-12,15H,1-4,7-10H2. The Kier molecular flexibility index (Phi) is 4.10. The molecule has 1 aliphatic heterocycles. The lowest BCUT2D eigenvalue weighted by Gasteiger charge is -2.31. The molecule has 1 aliphatic carbocycles. The second-order valence-electron chi connectivity index (χ2n) is 5.97. The fourth-order valence-corrected chi connectivity index (χ4v) is 3.69. The lowest BCUT2D eigenvalue weighted by molar-refractivity contribution is 0.0946. The van der Waals surface area contributed by atoms with Gasteiger partial charge in [0.05, 0.1) is 6.20 Å². The lowest BCUT2D eigenvalue weighted by Crippen LogP contribution is -2.36. The molecule has 2 atom stereocenters. The van der Waals surface area contributed by atoms with Gasteiger partial charge in [-0.25, -0.2) is 4.39 Å². The minimum atomic E-state index is -0.397. The Morgan fingerprint density at radius 1 is 1.30 bits per heavy atom. The Balaban J connectivity index is 1.54. The van der Waals surface area contributed by atoms with E-state index in [1.807, 2.05) is 0 Å². The molecule has 0 aromatic carbocycles. The molecule has 2 unspecified atom stereocenters. The first-order valence-corrected chi connectivity index (χ1v) is 7.63. The second kappa shape index (κ2) is 6.00. The van der Waals surface area contributed by atoms with Crippen molar-refractivity contribution in [3.63, 3.8) is 0 Å². The number of aromatic nitrogens is 1. The van der Waals surface area contributed by atoms with Gasteiger partial charge in [-0.2, -0.15) is 0 Å². The molecule has 0 amide bonds. The number of fused-ring (bicyclic) bond motifs is 1. The molecule has 1 aromatic rings. The highest BCUT2D eigenvalue weighted by Crippen LogP contribution is 2.36. The van der Waals surface area contributed by atoms with Gasteiger partial charge >= 0.3 is 0 Å². The average molecular weight is 276 g/mol. The van der Waals surface area contributed by atoms with Crippen LogP contribution >= 0.6 is 0 Å². The minimum absolute atomic E-state index is 0.0178. The number of pyridine rings is 1. The van der Waals surface area contributed by atoms with Crippen LogP contribution in [0.15, 0.2) is 18.3 Å². The van der Waals surface area contributed by atoms with Crippen LogP contribution in [0.3, 0.4) is 0 Å². The van der Waals surface area contributed by atoms with Gasteiger partial charge in [-0.3, -0.25) is 14.7 Å². The van der Waals surface area contributed by atoms with Gasteiger partial charge < -0.3 is 0 Å². The highest BCUT2D eigenvalue weighted by atomic mass is 19.1. The van der Waals surface area contributed by atoms with E-state index in [0.29, 0.717) is 18.2 Å². The predicted octanol–water partition coefficient (Wildman–Crippen LogP) is 3.06. The quantitative estimate of drug-likeness (QED) is 0.792. The molecule has 1 saturated carbocycles. The number of ketones is 1. The van der Waals surface area contributed by atoms with Crippen LogP contribution in [0.5, 0.6) is 0 Å². The molecule has 4 heteroatoms. The van der Waals surface area contributed by atoms with Gasteiger partial charge in [0.2, 0.25) is 0 Å². The molecule has 3 nitrogen and oxygen atoms in total. The monoisotopic (exact) mass is 276 g/mol. The Bertz CT molecular complexity index is 474. The van der Waals surface area contributed by atoms with Crippen molar-refractivity contribution >= 4 is 5.78 Å². The van der Waals surface area contributed by atoms with E-state index in [2.05, 4.69) is 9.88 Å².